The molecule has 2 aromatic rings. The SMILES string of the molecule is CNCCCC(=O)Nc1ccc(OC)c(OCc2ccncc2)c1.Cl.Cl. The lowest BCUT2D eigenvalue weighted by Crippen LogP contribution is -2.15. The first-order valence-corrected chi connectivity index (χ1v) is 7.87. The van der Waals surface area contributed by atoms with Crippen molar-refractivity contribution in [3.8, 4) is 11.5 Å². The zero-order valence-corrected chi connectivity index (χ0v) is 16.5. The fourth-order valence-corrected chi connectivity index (χ4v) is 2.16. The molecule has 1 aromatic heterocycles. The third-order valence-electron chi connectivity index (χ3n) is 3.42. The molecular weight excluding hydrogens is 377 g/mol. The summed E-state index contributed by atoms with van der Waals surface area (Å²) in [6.45, 7) is 1.22. The van der Waals surface area contributed by atoms with Crippen LogP contribution >= 0.6 is 24.8 Å². The van der Waals surface area contributed by atoms with Gasteiger partial charge in [-0.2, -0.15) is 0 Å². The number of aromatic nitrogens is 1. The van der Waals surface area contributed by atoms with Gasteiger partial charge in [-0.05, 0) is 49.8 Å². The maximum Gasteiger partial charge on any atom is 0.224 e. The van der Waals surface area contributed by atoms with E-state index in [9.17, 15) is 4.79 Å². The van der Waals surface area contributed by atoms with Crippen LogP contribution in [0.25, 0.3) is 0 Å². The molecule has 0 unspecified atom stereocenters. The quantitative estimate of drug-likeness (QED) is 0.629. The number of benzene rings is 1. The van der Waals surface area contributed by atoms with Crippen molar-refractivity contribution in [2.45, 2.75) is 19.4 Å². The minimum Gasteiger partial charge on any atom is -0.493 e. The summed E-state index contributed by atoms with van der Waals surface area (Å²) in [5.41, 5.74) is 1.70. The monoisotopic (exact) mass is 401 g/mol. The number of carbonyl (C=O) groups excluding carboxylic acids is 1. The highest BCUT2D eigenvalue weighted by Crippen LogP contribution is 2.31. The van der Waals surface area contributed by atoms with Crippen molar-refractivity contribution in [1.82, 2.24) is 10.3 Å². The van der Waals surface area contributed by atoms with Crippen molar-refractivity contribution >= 4 is 36.4 Å². The third-order valence-corrected chi connectivity index (χ3v) is 3.42. The van der Waals surface area contributed by atoms with Crippen LogP contribution < -0.4 is 20.1 Å². The van der Waals surface area contributed by atoms with Gasteiger partial charge in [-0.15, -0.1) is 24.8 Å². The maximum atomic E-state index is 11.9. The highest BCUT2D eigenvalue weighted by atomic mass is 35.5. The number of hydrogen-bond donors (Lipinski definition) is 2. The zero-order valence-electron chi connectivity index (χ0n) is 14.9. The standard InChI is InChI=1S/C18H23N3O3.2ClH/c1-19-9-3-4-18(22)21-15-5-6-16(23-2)17(12-15)24-13-14-7-10-20-11-8-14;;/h5-8,10-12,19H,3-4,9,13H2,1-2H3,(H,21,22);2*1H. The summed E-state index contributed by atoms with van der Waals surface area (Å²) in [6.07, 6.45) is 4.71. The summed E-state index contributed by atoms with van der Waals surface area (Å²) >= 11 is 0. The minimum absolute atomic E-state index is 0. The van der Waals surface area contributed by atoms with Gasteiger partial charge in [0.1, 0.15) is 6.61 Å². The molecular formula is C18H25Cl2N3O3. The predicted octanol–water partition coefficient (Wildman–Crippen LogP) is 3.45. The van der Waals surface area contributed by atoms with Crippen LogP contribution in [0.4, 0.5) is 5.69 Å². The number of anilines is 1. The van der Waals surface area contributed by atoms with Crippen LogP contribution in [0.15, 0.2) is 42.7 Å². The van der Waals surface area contributed by atoms with Gasteiger partial charge in [0.15, 0.2) is 11.5 Å². The highest BCUT2D eigenvalue weighted by Gasteiger charge is 2.08. The Morgan fingerprint density at radius 1 is 1.12 bits per heavy atom. The van der Waals surface area contributed by atoms with Crippen molar-refractivity contribution < 1.29 is 14.3 Å². The van der Waals surface area contributed by atoms with Crippen LogP contribution in [0, 0.1) is 0 Å². The topological polar surface area (TPSA) is 72.5 Å². The summed E-state index contributed by atoms with van der Waals surface area (Å²) in [5, 5.41) is 5.90. The Balaban J connectivity index is 0.00000312. The largest absolute Gasteiger partial charge is 0.493 e. The molecule has 144 valence electrons. The lowest BCUT2D eigenvalue weighted by molar-refractivity contribution is -0.116. The molecule has 0 atom stereocenters. The predicted molar refractivity (Wildman–Crippen MR) is 108 cm³/mol. The molecule has 26 heavy (non-hydrogen) atoms. The molecule has 1 heterocycles. The lowest BCUT2D eigenvalue weighted by atomic mass is 10.2. The maximum absolute atomic E-state index is 11.9. The van der Waals surface area contributed by atoms with E-state index in [1.165, 1.54) is 0 Å². The molecule has 0 spiro atoms. The van der Waals surface area contributed by atoms with Crippen molar-refractivity contribution in [1.29, 1.82) is 0 Å². The van der Waals surface area contributed by atoms with Crippen molar-refractivity contribution in [2.24, 2.45) is 0 Å². The molecule has 0 aliphatic carbocycles. The molecule has 2 N–H and O–H groups in total. The first-order valence-electron chi connectivity index (χ1n) is 7.87. The van der Waals surface area contributed by atoms with E-state index in [0.717, 1.165) is 18.5 Å². The van der Waals surface area contributed by atoms with E-state index < -0.39 is 0 Å². The van der Waals surface area contributed by atoms with E-state index >= 15 is 0 Å². The summed E-state index contributed by atoms with van der Waals surface area (Å²) in [7, 11) is 3.46. The van der Waals surface area contributed by atoms with Gasteiger partial charge in [-0.1, -0.05) is 0 Å². The molecule has 6 nitrogen and oxygen atoms in total. The number of hydrogen-bond acceptors (Lipinski definition) is 5. The number of nitrogens with one attached hydrogen (secondary N) is 2. The zero-order chi connectivity index (χ0) is 17.2. The van der Waals surface area contributed by atoms with Gasteiger partial charge in [0.05, 0.1) is 7.11 Å². The first kappa shape index (κ1) is 24.0. The summed E-state index contributed by atoms with van der Waals surface area (Å²) in [6, 6.07) is 9.13. The fourth-order valence-electron chi connectivity index (χ4n) is 2.16. The third kappa shape index (κ3) is 7.91. The van der Waals surface area contributed by atoms with Crippen molar-refractivity contribution in [2.75, 3.05) is 26.0 Å². The molecule has 0 bridgehead atoms. The van der Waals surface area contributed by atoms with Crippen LogP contribution in [0.2, 0.25) is 0 Å². The van der Waals surface area contributed by atoms with Gasteiger partial charge >= 0.3 is 0 Å². The van der Waals surface area contributed by atoms with Gasteiger partial charge in [0.2, 0.25) is 5.91 Å². The van der Waals surface area contributed by atoms with Crippen LogP contribution in [0.3, 0.4) is 0 Å². The highest BCUT2D eigenvalue weighted by molar-refractivity contribution is 5.91. The van der Waals surface area contributed by atoms with Gasteiger partial charge in [-0.25, -0.2) is 0 Å². The van der Waals surface area contributed by atoms with E-state index in [1.54, 1.807) is 37.7 Å². The minimum atomic E-state index is -0.0181. The Morgan fingerprint density at radius 3 is 2.50 bits per heavy atom. The fraction of sp³-hybridized carbons (Fsp3) is 0.333. The second-order valence-electron chi connectivity index (χ2n) is 5.27. The van der Waals surface area contributed by atoms with E-state index in [0.29, 0.717) is 30.2 Å². The summed E-state index contributed by atoms with van der Waals surface area (Å²) in [5.74, 6) is 1.19. The van der Waals surface area contributed by atoms with E-state index in [-0.39, 0.29) is 30.7 Å². The lowest BCUT2D eigenvalue weighted by Gasteiger charge is -2.13. The number of halogens is 2. The first-order chi connectivity index (χ1) is 11.7. The summed E-state index contributed by atoms with van der Waals surface area (Å²) in [4.78, 5) is 15.9. The van der Waals surface area contributed by atoms with E-state index in [1.807, 2.05) is 19.2 Å². The van der Waals surface area contributed by atoms with Gasteiger partial charge in [0.25, 0.3) is 0 Å². The van der Waals surface area contributed by atoms with Gasteiger partial charge in [0, 0.05) is 30.6 Å². The van der Waals surface area contributed by atoms with Crippen LogP contribution in [0.1, 0.15) is 18.4 Å². The Bertz CT molecular complexity index is 657. The molecule has 8 heteroatoms. The van der Waals surface area contributed by atoms with Crippen LogP contribution in [0.5, 0.6) is 11.5 Å². The molecule has 0 aliphatic heterocycles. The number of nitrogens with zero attached hydrogens (tertiary/aromatic N) is 1. The average Bonchev–Trinajstić information content (AvgIpc) is 2.61. The van der Waals surface area contributed by atoms with Crippen LogP contribution in [-0.4, -0.2) is 31.6 Å². The molecule has 0 radical (unpaired) electrons. The van der Waals surface area contributed by atoms with E-state index in [2.05, 4.69) is 15.6 Å². The number of ether oxygens (including phenoxy) is 2. The Labute approximate surface area is 166 Å². The van der Waals surface area contributed by atoms with Crippen LogP contribution in [-0.2, 0) is 11.4 Å². The average molecular weight is 402 g/mol. The van der Waals surface area contributed by atoms with Crippen molar-refractivity contribution in [3.63, 3.8) is 0 Å². The normalized spacial score (nSPS) is 9.46. The smallest absolute Gasteiger partial charge is 0.224 e. The number of amides is 1. The Hall–Kier alpha value is -2.02. The molecule has 0 fully saturated rings. The number of carbonyl (C=O) groups is 1. The number of methoxy groups -OCH3 is 1. The van der Waals surface area contributed by atoms with E-state index in [4.69, 9.17) is 9.47 Å². The molecule has 0 saturated carbocycles. The second-order valence-corrected chi connectivity index (χ2v) is 5.27. The Kier molecular flexibility index (Phi) is 12.2. The Morgan fingerprint density at radius 2 is 1.85 bits per heavy atom. The van der Waals surface area contributed by atoms with Gasteiger partial charge in [-0.3, -0.25) is 9.78 Å². The van der Waals surface area contributed by atoms with Crippen molar-refractivity contribution in [3.05, 3.63) is 48.3 Å². The number of pyridine rings is 1. The number of rotatable bonds is 9. The summed E-state index contributed by atoms with van der Waals surface area (Å²) < 4.78 is 11.1. The molecule has 1 amide bonds. The van der Waals surface area contributed by atoms with Gasteiger partial charge < -0.3 is 20.1 Å². The molecule has 1 aromatic carbocycles. The molecule has 2 rings (SSSR count). The molecule has 0 aliphatic rings. The second kappa shape index (κ2) is 13.2. The molecule has 0 saturated heterocycles.